The van der Waals surface area contributed by atoms with Crippen molar-refractivity contribution in [1.29, 1.82) is 0 Å². The van der Waals surface area contributed by atoms with Gasteiger partial charge in [-0.25, -0.2) is 15.0 Å². The van der Waals surface area contributed by atoms with Crippen LogP contribution in [0.25, 0.3) is 0 Å². The lowest BCUT2D eigenvalue weighted by atomic mass is 10.1. The molecule has 25 heavy (non-hydrogen) atoms. The van der Waals surface area contributed by atoms with Crippen molar-refractivity contribution in [3.05, 3.63) is 45.9 Å². The van der Waals surface area contributed by atoms with E-state index in [4.69, 9.17) is 0 Å². The molecule has 1 N–H and O–H groups in total. The SMILES string of the molecule is Cc1nc(C)c(CCC(=O)N2CCN(c3ncccn3)CC2)c(=O)[nH]1. The highest BCUT2D eigenvalue weighted by Gasteiger charge is 2.22. The van der Waals surface area contributed by atoms with Gasteiger partial charge in [-0.05, 0) is 26.3 Å². The number of amides is 1. The number of rotatable bonds is 4. The molecule has 0 unspecified atom stereocenters. The first-order valence-electron chi connectivity index (χ1n) is 8.40. The Balaban J connectivity index is 1.54. The van der Waals surface area contributed by atoms with Gasteiger partial charge < -0.3 is 14.8 Å². The van der Waals surface area contributed by atoms with E-state index in [1.807, 2.05) is 4.90 Å². The Bertz CT molecular complexity index is 797. The summed E-state index contributed by atoms with van der Waals surface area (Å²) in [6, 6.07) is 1.78. The molecule has 0 radical (unpaired) electrons. The molecule has 8 nitrogen and oxygen atoms in total. The summed E-state index contributed by atoms with van der Waals surface area (Å²) < 4.78 is 0. The summed E-state index contributed by atoms with van der Waals surface area (Å²) in [6.07, 6.45) is 4.16. The van der Waals surface area contributed by atoms with Crippen LogP contribution in [-0.4, -0.2) is 56.9 Å². The number of nitrogens with zero attached hydrogens (tertiary/aromatic N) is 5. The Labute approximate surface area is 145 Å². The molecule has 1 aliphatic rings. The number of aryl methyl sites for hydroxylation is 2. The number of carbonyl (C=O) groups is 1. The molecule has 2 aromatic rings. The van der Waals surface area contributed by atoms with Gasteiger partial charge in [-0.1, -0.05) is 0 Å². The number of hydrogen-bond donors (Lipinski definition) is 1. The van der Waals surface area contributed by atoms with Gasteiger partial charge in [0.1, 0.15) is 5.82 Å². The summed E-state index contributed by atoms with van der Waals surface area (Å²) in [5.74, 6) is 1.35. The zero-order valence-corrected chi connectivity index (χ0v) is 14.5. The standard InChI is InChI=1S/C17H22N6O2/c1-12-14(16(25)21-13(2)20-12)4-5-15(24)22-8-10-23(11-9-22)17-18-6-3-7-19-17/h3,6-7H,4-5,8-11H2,1-2H3,(H,20,21,25). The Morgan fingerprint density at radius 1 is 1.16 bits per heavy atom. The van der Waals surface area contributed by atoms with Crippen molar-refractivity contribution in [1.82, 2.24) is 24.8 Å². The third-order valence-electron chi connectivity index (χ3n) is 4.40. The van der Waals surface area contributed by atoms with E-state index < -0.39 is 0 Å². The van der Waals surface area contributed by atoms with Gasteiger partial charge >= 0.3 is 0 Å². The molecule has 0 saturated carbocycles. The fourth-order valence-corrected chi connectivity index (χ4v) is 3.05. The fraction of sp³-hybridized carbons (Fsp3) is 0.471. The van der Waals surface area contributed by atoms with E-state index in [1.54, 1.807) is 32.3 Å². The molecule has 3 heterocycles. The smallest absolute Gasteiger partial charge is 0.254 e. The molecular formula is C17H22N6O2. The molecule has 0 atom stereocenters. The van der Waals surface area contributed by atoms with E-state index in [1.165, 1.54) is 0 Å². The maximum Gasteiger partial charge on any atom is 0.254 e. The zero-order chi connectivity index (χ0) is 17.8. The number of carbonyl (C=O) groups excluding carboxylic acids is 1. The van der Waals surface area contributed by atoms with Crippen LogP contribution < -0.4 is 10.5 Å². The molecule has 1 saturated heterocycles. The first-order valence-corrected chi connectivity index (χ1v) is 8.40. The molecule has 0 aliphatic carbocycles. The third kappa shape index (κ3) is 4.01. The van der Waals surface area contributed by atoms with Crippen molar-refractivity contribution < 1.29 is 4.79 Å². The van der Waals surface area contributed by atoms with Crippen molar-refractivity contribution in [3.63, 3.8) is 0 Å². The van der Waals surface area contributed by atoms with Crippen LogP contribution >= 0.6 is 0 Å². The summed E-state index contributed by atoms with van der Waals surface area (Å²) in [7, 11) is 0. The fourth-order valence-electron chi connectivity index (χ4n) is 3.05. The minimum absolute atomic E-state index is 0.0630. The number of anilines is 1. The minimum atomic E-state index is -0.149. The quantitative estimate of drug-likeness (QED) is 0.867. The topological polar surface area (TPSA) is 95.1 Å². The number of H-pyrrole nitrogens is 1. The van der Waals surface area contributed by atoms with Crippen molar-refractivity contribution >= 4 is 11.9 Å². The van der Waals surface area contributed by atoms with Gasteiger partial charge in [-0.2, -0.15) is 0 Å². The molecule has 3 rings (SSSR count). The molecular weight excluding hydrogens is 320 g/mol. The Kier molecular flexibility index (Phi) is 5.06. The lowest BCUT2D eigenvalue weighted by Crippen LogP contribution is -2.49. The zero-order valence-electron chi connectivity index (χ0n) is 14.5. The third-order valence-corrected chi connectivity index (χ3v) is 4.40. The average molecular weight is 342 g/mol. The van der Waals surface area contributed by atoms with Gasteiger partial charge in [0.25, 0.3) is 5.56 Å². The van der Waals surface area contributed by atoms with Crippen LogP contribution in [0.5, 0.6) is 0 Å². The van der Waals surface area contributed by atoms with Crippen molar-refractivity contribution in [2.24, 2.45) is 0 Å². The van der Waals surface area contributed by atoms with Crippen molar-refractivity contribution in [2.75, 3.05) is 31.1 Å². The number of aromatic nitrogens is 4. The van der Waals surface area contributed by atoms with Gasteiger partial charge in [-0.15, -0.1) is 0 Å². The van der Waals surface area contributed by atoms with E-state index in [0.29, 0.717) is 62.1 Å². The molecule has 132 valence electrons. The lowest BCUT2D eigenvalue weighted by Gasteiger charge is -2.34. The Morgan fingerprint density at radius 2 is 1.84 bits per heavy atom. The number of piperazine rings is 1. The van der Waals surface area contributed by atoms with Gasteiger partial charge in [0.2, 0.25) is 11.9 Å². The van der Waals surface area contributed by atoms with Gasteiger partial charge in [0, 0.05) is 56.3 Å². The predicted octanol–water partition coefficient (Wildman–Crippen LogP) is 0.458. The van der Waals surface area contributed by atoms with Crippen LogP contribution in [0.2, 0.25) is 0 Å². The average Bonchev–Trinajstić information content (AvgIpc) is 2.61. The van der Waals surface area contributed by atoms with Gasteiger partial charge in [0.05, 0.1) is 0 Å². The first kappa shape index (κ1) is 17.1. The van der Waals surface area contributed by atoms with Crippen LogP contribution in [0.3, 0.4) is 0 Å². The van der Waals surface area contributed by atoms with E-state index in [0.717, 1.165) is 0 Å². The van der Waals surface area contributed by atoms with Gasteiger partial charge in [-0.3, -0.25) is 9.59 Å². The second-order valence-electron chi connectivity index (χ2n) is 6.13. The molecule has 0 spiro atoms. The largest absolute Gasteiger partial charge is 0.339 e. The van der Waals surface area contributed by atoms with E-state index in [9.17, 15) is 9.59 Å². The summed E-state index contributed by atoms with van der Waals surface area (Å²) in [4.78, 5) is 43.8. The molecule has 0 aromatic carbocycles. The van der Waals surface area contributed by atoms with Crippen LogP contribution in [-0.2, 0) is 11.2 Å². The highest BCUT2D eigenvalue weighted by Crippen LogP contribution is 2.11. The second-order valence-corrected chi connectivity index (χ2v) is 6.13. The summed E-state index contributed by atoms with van der Waals surface area (Å²) in [5, 5.41) is 0. The Hall–Kier alpha value is -2.77. The highest BCUT2D eigenvalue weighted by molar-refractivity contribution is 5.76. The highest BCUT2D eigenvalue weighted by atomic mass is 16.2. The maximum atomic E-state index is 12.4. The maximum absolute atomic E-state index is 12.4. The molecule has 1 amide bonds. The molecule has 8 heteroatoms. The van der Waals surface area contributed by atoms with Crippen LogP contribution in [0, 0.1) is 13.8 Å². The number of hydrogen-bond acceptors (Lipinski definition) is 6. The molecule has 2 aromatic heterocycles. The number of nitrogens with one attached hydrogen (secondary N) is 1. The van der Waals surface area contributed by atoms with Crippen LogP contribution in [0.1, 0.15) is 23.5 Å². The van der Waals surface area contributed by atoms with E-state index >= 15 is 0 Å². The molecule has 0 bridgehead atoms. The predicted molar refractivity (Wildman–Crippen MR) is 93.5 cm³/mol. The van der Waals surface area contributed by atoms with E-state index in [2.05, 4.69) is 24.8 Å². The van der Waals surface area contributed by atoms with Crippen LogP contribution in [0.15, 0.2) is 23.3 Å². The molecule has 1 aliphatic heterocycles. The summed E-state index contributed by atoms with van der Waals surface area (Å²) in [5.41, 5.74) is 1.14. The van der Waals surface area contributed by atoms with Crippen LogP contribution in [0.4, 0.5) is 5.95 Å². The normalized spacial score (nSPS) is 14.6. The minimum Gasteiger partial charge on any atom is -0.339 e. The Morgan fingerprint density at radius 3 is 2.48 bits per heavy atom. The second kappa shape index (κ2) is 7.42. The van der Waals surface area contributed by atoms with Crippen molar-refractivity contribution in [2.45, 2.75) is 26.7 Å². The number of aromatic amines is 1. The molecule has 1 fully saturated rings. The lowest BCUT2D eigenvalue weighted by molar-refractivity contribution is -0.131. The first-order chi connectivity index (χ1) is 12.0. The summed E-state index contributed by atoms with van der Waals surface area (Å²) in [6.45, 7) is 6.25. The monoisotopic (exact) mass is 342 g/mol. The summed E-state index contributed by atoms with van der Waals surface area (Å²) >= 11 is 0. The van der Waals surface area contributed by atoms with Crippen molar-refractivity contribution in [3.8, 4) is 0 Å². The van der Waals surface area contributed by atoms with Gasteiger partial charge in [0.15, 0.2) is 0 Å². The van der Waals surface area contributed by atoms with E-state index in [-0.39, 0.29) is 11.5 Å².